The van der Waals surface area contributed by atoms with Crippen LogP contribution in [-0.2, 0) is 5.79 Å². The molecule has 19 heavy (non-hydrogen) atoms. The Morgan fingerprint density at radius 3 is 2.47 bits per heavy atom. The smallest absolute Gasteiger partial charge is 0.242 e. The molecule has 0 spiro atoms. The van der Waals surface area contributed by atoms with Gasteiger partial charge in [-0.25, -0.2) is 0 Å². The van der Waals surface area contributed by atoms with Gasteiger partial charge in [-0.05, 0) is 36.4 Å². The lowest BCUT2D eigenvalue weighted by molar-refractivity contribution is -0.147. The molecule has 96 valence electrons. The van der Waals surface area contributed by atoms with E-state index < -0.39 is 5.79 Å². The van der Waals surface area contributed by atoms with Crippen LogP contribution in [0.5, 0.6) is 11.5 Å². The van der Waals surface area contributed by atoms with Crippen LogP contribution in [0.1, 0.15) is 22.3 Å². The molecule has 3 rings (SSSR count). The molecule has 0 amide bonds. The minimum absolute atomic E-state index is 0.0925. The summed E-state index contributed by atoms with van der Waals surface area (Å²) in [6.45, 7) is 0. The molecule has 1 unspecified atom stereocenters. The number of hydrogen-bond acceptors (Lipinski definition) is 4. The van der Waals surface area contributed by atoms with Gasteiger partial charge < -0.3 is 14.9 Å². The molecule has 2 N–H and O–H groups in total. The summed E-state index contributed by atoms with van der Waals surface area (Å²) in [5.41, 5.74) is 0.916. The zero-order chi connectivity index (χ0) is 13.5. The fourth-order valence-electron chi connectivity index (χ4n) is 2.20. The Morgan fingerprint density at radius 2 is 1.74 bits per heavy atom. The second-order valence-electron chi connectivity index (χ2n) is 4.53. The van der Waals surface area contributed by atoms with Gasteiger partial charge in [0.1, 0.15) is 11.5 Å². The molecule has 1 aliphatic rings. The van der Waals surface area contributed by atoms with Crippen molar-refractivity contribution in [3.63, 3.8) is 0 Å². The van der Waals surface area contributed by atoms with Crippen molar-refractivity contribution in [1.29, 1.82) is 0 Å². The topological polar surface area (TPSA) is 66.8 Å². The number of phenols is 1. The molecule has 4 nitrogen and oxygen atoms in total. The maximum absolute atomic E-state index is 12.1. The highest BCUT2D eigenvalue weighted by atomic mass is 16.6. The van der Waals surface area contributed by atoms with Crippen LogP contribution in [0.25, 0.3) is 0 Å². The van der Waals surface area contributed by atoms with Gasteiger partial charge in [0.2, 0.25) is 5.79 Å². The van der Waals surface area contributed by atoms with E-state index in [-0.39, 0.29) is 18.0 Å². The van der Waals surface area contributed by atoms with Gasteiger partial charge in [0.15, 0.2) is 5.78 Å². The molecular weight excluding hydrogens is 244 g/mol. The van der Waals surface area contributed by atoms with E-state index in [1.807, 2.05) is 0 Å². The highest BCUT2D eigenvalue weighted by molar-refractivity contribution is 6.00. The van der Waals surface area contributed by atoms with Crippen LogP contribution >= 0.6 is 0 Å². The number of phenolic OH excluding ortho intramolecular Hbond substituents is 1. The van der Waals surface area contributed by atoms with Crippen molar-refractivity contribution < 1.29 is 19.7 Å². The normalized spacial score (nSPS) is 21.6. The fraction of sp³-hybridized carbons (Fsp3) is 0.133. The first-order chi connectivity index (χ1) is 9.08. The van der Waals surface area contributed by atoms with Crippen molar-refractivity contribution in [3.8, 4) is 11.5 Å². The average molecular weight is 256 g/mol. The molecule has 2 aromatic rings. The number of ketones is 1. The Labute approximate surface area is 109 Å². The Bertz CT molecular complexity index is 633. The first-order valence-corrected chi connectivity index (χ1v) is 5.92. The van der Waals surface area contributed by atoms with Gasteiger partial charge in [-0.15, -0.1) is 0 Å². The first kappa shape index (κ1) is 11.7. The second kappa shape index (κ2) is 4.10. The predicted molar refractivity (Wildman–Crippen MR) is 68.0 cm³/mol. The van der Waals surface area contributed by atoms with Gasteiger partial charge in [0.25, 0.3) is 0 Å². The number of benzene rings is 2. The zero-order valence-corrected chi connectivity index (χ0v) is 10.0. The summed E-state index contributed by atoms with van der Waals surface area (Å²) in [4.78, 5) is 12.1. The largest absolute Gasteiger partial charge is 0.508 e. The highest BCUT2D eigenvalue weighted by Crippen LogP contribution is 2.37. The molecule has 0 aliphatic carbocycles. The summed E-state index contributed by atoms with van der Waals surface area (Å²) < 4.78 is 5.57. The number of ether oxygens (including phenoxy) is 1. The van der Waals surface area contributed by atoms with Crippen LogP contribution in [0.2, 0.25) is 0 Å². The van der Waals surface area contributed by atoms with Gasteiger partial charge in [0, 0.05) is 5.56 Å². The van der Waals surface area contributed by atoms with Crippen molar-refractivity contribution >= 4 is 5.78 Å². The number of Topliss-reactive ketones (excluding diaryl/α,β-unsaturated/α-hetero) is 1. The minimum Gasteiger partial charge on any atom is -0.508 e. The number of fused-ring (bicyclic) bond motifs is 1. The number of carbonyl (C=O) groups is 1. The summed E-state index contributed by atoms with van der Waals surface area (Å²) in [6, 6.07) is 12.8. The number of hydrogen-bond donors (Lipinski definition) is 2. The average Bonchev–Trinajstić information content (AvgIpc) is 2.39. The van der Waals surface area contributed by atoms with Crippen LogP contribution in [0.3, 0.4) is 0 Å². The van der Waals surface area contributed by atoms with E-state index in [0.717, 1.165) is 0 Å². The summed E-state index contributed by atoms with van der Waals surface area (Å²) in [5, 5.41) is 19.8. The van der Waals surface area contributed by atoms with Gasteiger partial charge in [0.05, 0.1) is 12.0 Å². The quantitative estimate of drug-likeness (QED) is 0.820. The first-order valence-electron chi connectivity index (χ1n) is 5.92. The molecule has 0 saturated carbocycles. The molecule has 0 radical (unpaired) electrons. The summed E-state index contributed by atoms with van der Waals surface area (Å²) in [7, 11) is 0. The summed E-state index contributed by atoms with van der Waals surface area (Å²) in [6.07, 6.45) is -0.144. The van der Waals surface area contributed by atoms with E-state index in [2.05, 4.69) is 0 Å². The number of carbonyl (C=O) groups excluding carboxylic acids is 1. The Kier molecular flexibility index (Phi) is 2.54. The van der Waals surface area contributed by atoms with Gasteiger partial charge in [-0.1, -0.05) is 12.1 Å². The maximum atomic E-state index is 12.1. The summed E-state index contributed by atoms with van der Waals surface area (Å²) >= 11 is 0. The highest BCUT2D eigenvalue weighted by Gasteiger charge is 2.40. The third-order valence-corrected chi connectivity index (χ3v) is 3.18. The Morgan fingerprint density at radius 1 is 1.05 bits per heavy atom. The molecular formula is C15H12O4. The van der Waals surface area contributed by atoms with Crippen molar-refractivity contribution in [2.45, 2.75) is 12.2 Å². The standard InChI is InChI=1S/C15H12O4/c16-11-7-5-10(6-8-11)15(18)9-13(17)12-3-1-2-4-14(12)19-15/h1-8,16,18H,9H2. The van der Waals surface area contributed by atoms with Crippen LogP contribution < -0.4 is 4.74 Å². The summed E-state index contributed by atoms with van der Waals surface area (Å²) in [5.74, 6) is -1.39. The van der Waals surface area contributed by atoms with Crippen LogP contribution in [0, 0.1) is 0 Å². The number of rotatable bonds is 1. The third kappa shape index (κ3) is 1.96. The van der Waals surface area contributed by atoms with Crippen LogP contribution in [0.15, 0.2) is 48.5 Å². The Balaban J connectivity index is 2.04. The molecule has 1 aliphatic heterocycles. The van der Waals surface area contributed by atoms with Gasteiger partial charge in [-0.2, -0.15) is 0 Å². The molecule has 1 atom stereocenters. The lowest BCUT2D eigenvalue weighted by Crippen LogP contribution is -2.39. The van der Waals surface area contributed by atoms with E-state index >= 15 is 0 Å². The number of para-hydroxylation sites is 1. The molecule has 0 aromatic heterocycles. The molecule has 1 heterocycles. The molecule has 4 heteroatoms. The van der Waals surface area contributed by atoms with Crippen molar-refractivity contribution in [3.05, 3.63) is 59.7 Å². The van der Waals surface area contributed by atoms with Crippen molar-refractivity contribution in [2.24, 2.45) is 0 Å². The lowest BCUT2D eigenvalue weighted by Gasteiger charge is -2.33. The van der Waals surface area contributed by atoms with Crippen molar-refractivity contribution in [1.82, 2.24) is 0 Å². The predicted octanol–water partition coefficient (Wildman–Crippen LogP) is 2.20. The zero-order valence-electron chi connectivity index (χ0n) is 10.0. The van der Waals surface area contributed by atoms with E-state index in [4.69, 9.17) is 4.74 Å². The van der Waals surface area contributed by atoms with Crippen LogP contribution in [0.4, 0.5) is 0 Å². The van der Waals surface area contributed by atoms with Gasteiger partial charge >= 0.3 is 0 Å². The van der Waals surface area contributed by atoms with Gasteiger partial charge in [-0.3, -0.25) is 4.79 Å². The van der Waals surface area contributed by atoms with Crippen molar-refractivity contribution in [2.75, 3.05) is 0 Å². The fourth-order valence-corrected chi connectivity index (χ4v) is 2.20. The Hall–Kier alpha value is -2.33. The second-order valence-corrected chi connectivity index (χ2v) is 4.53. The molecule has 0 bridgehead atoms. The minimum atomic E-state index is -1.68. The lowest BCUT2D eigenvalue weighted by atomic mass is 9.93. The van der Waals surface area contributed by atoms with E-state index in [1.165, 1.54) is 24.3 Å². The molecule has 0 fully saturated rings. The third-order valence-electron chi connectivity index (χ3n) is 3.18. The molecule has 2 aromatic carbocycles. The molecule has 0 saturated heterocycles. The monoisotopic (exact) mass is 256 g/mol. The van der Waals surface area contributed by atoms with Crippen LogP contribution in [-0.4, -0.2) is 16.0 Å². The number of aliphatic hydroxyl groups is 1. The van der Waals surface area contributed by atoms with E-state index in [0.29, 0.717) is 16.9 Å². The SMILES string of the molecule is O=C1CC(O)(c2ccc(O)cc2)Oc2ccccc21. The van der Waals surface area contributed by atoms with E-state index in [9.17, 15) is 15.0 Å². The maximum Gasteiger partial charge on any atom is 0.242 e. The number of aromatic hydroxyl groups is 1. The van der Waals surface area contributed by atoms with E-state index in [1.54, 1.807) is 24.3 Å².